The molecule has 4 heteroatoms. The molecule has 0 heterocycles. The standard InChI is InChI=1S/C14H23N3O/c1-4-5-6-9-17(3)13-10-11(15)7-8-12(13)14(18)16-2/h7-8,10H,4-6,9,15H2,1-3H3,(H,16,18). The topological polar surface area (TPSA) is 58.4 Å². The molecule has 1 aromatic rings. The highest BCUT2D eigenvalue weighted by Crippen LogP contribution is 2.23. The van der Waals surface area contributed by atoms with Gasteiger partial charge in [0.25, 0.3) is 5.91 Å². The second-order valence-corrected chi connectivity index (χ2v) is 4.48. The minimum Gasteiger partial charge on any atom is -0.399 e. The summed E-state index contributed by atoms with van der Waals surface area (Å²) in [5, 5.41) is 2.66. The van der Waals surface area contributed by atoms with E-state index in [1.807, 2.05) is 13.1 Å². The van der Waals surface area contributed by atoms with Gasteiger partial charge in [0.2, 0.25) is 0 Å². The normalized spacial score (nSPS) is 10.2. The van der Waals surface area contributed by atoms with Crippen molar-refractivity contribution < 1.29 is 4.79 Å². The predicted molar refractivity (Wildman–Crippen MR) is 77.0 cm³/mol. The minimum absolute atomic E-state index is 0.0765. The van der Waals surface area contributed by atoms with Crippen molar-refractivity contribution in [1.82, 2.24) is 5.32 Å². The van der Waals surface area contributed by atoms with Gasteiger partial charge in [0.05, 0.1) is 11.3 Å². The number of nitrogen functional groups attached to an aromatic ring is 1. The molecule has 0 aliphatic heterocycles. The second-order valence-electron chi connectivity index (χ2n) is 4.48. The summed E-state index contributed by atoms with van der Waals surface area (Å²) in [6.45, 7) is 3.11. The highest BCUT2D eigenvalue weighted by Gasteiger charge is 2.13. The highest BCUT2D eigenvalue weighted by molar-refractivity contribution is 6.00. The maximum atomic E-state index is 11.8. The van der Waals surface area contributed by atoms with Crippen molar-refractivity contribution in [3.05, 3.63) is 23.8 Å². The molecule has 0 saturated heterocycles. The summed E-state index contributed by atoms with van der Waals surface area (Å²) in [6, 6.07) is 5.39. The first-order chi connectivity index (χ1) is 8.60. The van der Waals surface area contributed by atoms with Crippen LogP contribution in [-0.2, 0) is 0 Å². The number of nitrogens with zero attached hydrogens (tertiary/aromatic N) is 1. The first-order valence-electron chi connectivity index (χ1n) is 6.42. The fraction of sp³-hybridized carbons (Fsp3) is 0.500. The van der Waals surface area contributed by atoms with E-state index in [9.17, 15) is 4.79 Å². The second kappa shape index (κ2) is 6.89. The van der Waals surface area contributed by atoms with E-state index in [1.54, 1.807) is 19.2 Å². The number of carbonyl (C=O) groups is 1. The number of nitrogens with one attached hydrogen (secondary N) is 1. The Hall–Kier alpha value is -1.71. The zero-order valence-electron chi connectivity index (χ0n) is 11.5. The average molecular weight is 249 g/mol. The molecule has 0 saturated carbocycles. The molecule has 3 N–H and O–H groups in total. The number of unbranched alkanes of at least 4 members (excludes halogenated alkanes) is 2. The molecular formula is C14H23N3O. The van der Waals surface area contributed by atoms with Gasteiger partial charge in [-0.15, -0.1) is 0 Å². The summed E-state index contributed by atoms with van der Waals surface area (Å²) in [4.78, 5) is 13.9. The molecule has 1 aromatic carbocycles. The van der Waals surface area contributed by atoms with Crippen molar-refractivity contribution in [2.24, 2.45) is 0 Å². The van der Waals surface area contributed by atoms with E-state index in [-0.39, 0.29) is 5.91 Å². The molecular weight excluding hydrogens is 226 g/mol. The largest absolute Gasteiger partial charge is 0.399 e. The lowest BCUT2D eigenvalue weighted by atomic mass is 10.1. The Labute approximate surface area is 109 Å². The number of nitrogens with two attached hydrogens (primary N) is 1. The number of rotatable bonds is 6. The number of amides is 1. The summed E-state index contributed by atoms with van der Waals surface area (Å²) in [7, 11) is 3.64. The van der Waals surface area contributed by atoms with E-state index in [0.717, 1.165) is 18.7 Å². The number of carbonyl (C=O) groups excluding carboxylic acids is 1. The van der Waals surface area contributed by atoms with Crippen molar-refractivity contribution in [2.75, 3.05) is 31.3 Å². The van der Waals surface area contributed by atoms with E-state index in [2.05, 4.69) is 17.1 Å². The Morgan fingerprint density at radius 2 is 2.11 bits per heavy atom. The lowest BCUT2D eigenvalue weighted by molar-refractivity contribution is 0.0963. The summed E-state index contributed by atoms with van der Waals surface area (Å²) in [6.07, 6.45) is 3.50. The molecule has 0 aromatic heterocycles. The first kappa shape index (κ1) is 14.4. The van der Waals surface area contributed by atoms with Crippen molar-refractivity contribution in [1.29, 1.82) is 0 Å². The monoisotopic (exact) mass is 249 g/mol. The Morgan fingerprint density at radius 3 is 2.72 bits per heavy atom. The Bertz CT molecular complexity index is 404. The van der Waals surface area contributed by atoms with E-state index in [4.69, 9.17) is 5.73 Å². The van der Waals surface area contributed by atoms with Gasteiger partial charge in [-0.3, -0.25) is 4.79 Å². The van der Waals surface area contributed by atoms with Crippen LogP contribution in [0.3, 0.4) is 0 Å². The zero-order chi connectivity index (χ0) is 13.5. The zero-order valence-corrected chi connectivity index (χ0v) is 11.5. The molecule has 100 valence electrons. The van der Waals surface area contributed by atoms with Gasteiger partial charge < -0.3 is 16.0 Å². The Morgan fingerprint density at radius 1 is 1.39 bits per heavy atom. The van der Waals surface area contributed by atoms with Gasteiger partial charge in [-0.25, -0.2) is 0 Å². The molecule has 1 rings (SSSR count). The summed E-state index contributed by atoms with van der Waals surface area (Å²) < 4.78 is 0. The van der Waals surface area contributed by atoms with Crippen LogP contribution >= 0.6 is 0 Å². The quantitative estimate of drug-likeness (QED) is 0.600. The molecule has 0 spiro atoms. The fourth-order valence-electron chi connectivity index (χ4n) is 1.91. The lowest BCUT2D eigenvalue weighted by Gasteiger charge is -2.22. The number of anilines is 2. The molecule has 0 aliphatic rings. The molecule has 18 heavy (non-hydrogen) atoms. The average Bonchev–Trinajstić information content (AvgIpc) is 2.38. The van der Waals surface area contributed by atoms with Crippen LogP contribution in [0.15, 0.2) is 18.2 Å². The third kappa shape index (κ3) is 3.65. The number of hydrogen-bond donors (Lipinski definition) is 2. The number of hydrogen-bond acceptors (Lipinski definition) is 3. The Kier molecular flexibility index (Phi) is 5.49. The van der Waals surface area contributed by atoms with E-state index in [0.29, 0.717) is 11.3 Å². The van der Waals surface area contributed by atoms with Gasteiger partial charge in [-0.2, -0.15) is 0 Å². The van der Waals surface area contributed by atoms with Crippen molar-refractivity contribution >= 4 is 17.3 Å². The molecule has 0 aliphatic carbocycles. The predicted octanol–water partition coefficient (Wildman–Crippen LogP) is 2.25. The third-order valence-electron chi connectivity index (χ3n) is 3.00. The van der Waals surface area contributed by atoms with Gasteiger partial charge in [-0.1, -0.05) is 19.8 Å². The molecule has 0 fully saturated rings. The molecule has 1 amide bonds. The first-order valence-corrected chi connectivity index (χ1v) is 6.42. The van der Waals surface area contributed by atoms with Crippen LogP contribution in [-0.4, -0.2) is 26.5 Å². The van der Waals surface area contributed by atoms with Gasteiger partial charge in [0, 0.05) is 26.3 Å². The van der Waals surface area contributed by atoms with E-state index in [1.165, 1.54) is 12.8 Å². The fourth-order valence-corrected chi connectivity index (χ4v) is 1.91. The number of benzene rings is 1. The Balaban J connectivity index is 2.90. The lowest BCUT2D eigenvalue weighted by Crippen LogP contribution is -2.25. The van der Waals surface area contributed by atoms with Crippen LogP contribution < -0.4 is 16.0 Å². The van der Waals surface area contributed by atoms with Gasteiger partial charge in [-0.05, 0) is 24.6 Å². The minimum atomic E-state index is -0.0765. The van der Waals surface area contributed by atoms with Crippen LogP contribution in [0.2, 0.25) is 0 Å². The molecule has 0 atom stereocenters. The van der Waals surface area contributed by atoms with Crippen molar-refractivity contribution in [3.8, 4) is 0 Å². The SMILES string of the molecule is CCCCCN(C)c1cc(N)ccc1C(=O)NC. The van der Waals surface area contributed by atoms with Crippen molar-refractivity contribution in [3.63, 3.8) is 0 Å². The van der Waals surface area contributed by atoms with Gasteiger partial charge >= 0.3 is 0 Å². The maximum absolute atomic E-state index is 11.8. The van der Waals surface area contributed by atoms with Gasteiger partial charge in [0.15, 0.2) is 0 Å². The molecule has 0 radical (unpaired) electrons. The third-order valence-corrected chi connectivity index (χ3v) is 3.00. The van der Waals surface area contributed by atoms with Crippen molar-refractivity contribution in [2.45, 2.75) is 26.2 Å². The summed E-state index contributed by atoms with van der Waals surface area (Å²) in [5.74, 6) is -0.0765. The van der Waals surface area contributed by atoms with Crippen LogP contribution in [0.4, 0.5) is 11.4 Å². The molecule has 4 nitrogen and oxygen atoms in total. The van der Waals surface area contributed by atoms with Crippen LogP contribution in [0.5, 0.6) is 0 Å². The summed E-state index contributed by atoms with van der Waals surface area (Å²) in [5.41, 5.74) is 8.05. The van der Waals surface area contributed by atoms with Crippen LogP contribution in [0.25, 0.3) is 0 Å². The molecule has 0 unspecified atom stereocenters. The highest BCUT2D eigenvalue weighted by atomic mass is 16.1. The van der Waals surface area contributed by atoms with Crippen LogP contribution in [0, 0.1) is 0 Å². The summed E-state index contributed by atoms with van der Waals surface area (Å²) >= 11 is 0. The smallest absolute Gasteiger partial charge is 0.253 e. The maximum Gasteiger partial charge on any atom is 0.253 e. The van der Waals surface area contributed by atoms with E-state index < -0.39 is 0 Å². The molecule has 0 bridgehead atoms. The van der Waals surface area contributed by atoms with Gasteiger partial charge in [0.1, 0.15) is 0 Å². The van der Waals surface area contributed by atoms with Crippen LogP contribution in [0.1, 0.15) is 36.5 Å². The van der Waals surface area contributed by atoms with E-state index >= 15 is 0 Å².